The number of aromatic nitrogens is 4. The molecule has 0 bridgehead atoms. The molecule has 2 N–H and O–H groups in total. The maximum absolute atomic E-state index is 4.27. The third-order valence-electron chi connectivity index (χ3n) is 2.19. The van der Waals surface area contributed by atoms with Crippen molar-refractivity contribution >= 4 is 11.8 Å². The van der Waals surface area contributed by atoms with E-state index in [1.54, 1.807) is 24.7 Å². The van der Waals surface area contributed by atoms with Crippen LogP contribution in [0, 0.1) is 0 Å². The van der Waals surface area contributed by atoms with Gasteiger partial charge in [-0.05, 0) is 17.7 Å². The van der Waals surface area contributed by atoms with E-state index in [-0.39, 0.29) is 0 Å². The monoisotopic (exact) mass is 242 g/mol. The normalized spacial score (nSPS) is 9.78. The Morgan fingerprint density at radius 3 is 2.83 bits per heavy atom. The number of nitrogens with zero attached hydrogens (tertiary/aromatic N) is 4. The minimum Gasteiger partial charge on any atom is -0.365 e. The lowest BCUT2D eigenvalue weighted by Gasteiger charge is -2.06. The van der Waals surface area contributed by atoms with Gasteiger partial charge in [0.2, 0.25) is 5.95 Å². The van der Waals surface area contributed by atoms with Gasteiger partial charge < -0.3 is 10.6 Å². The lowest BCUT2D eigenvalue weighted by Crippen LogP contribution is -2.08. The van der Waals surface area contributed by atoms with Crippen LogP contribution >= 0.6 is 0 Å². The van der Waals surface area contributed by atoms with Crippen LogP contribution in [0.25, 0.3) is 0 Å². The SMILES string of the molecule is C=CCNc1cnnc(NCc2ccncc2)n1. The lowest BCUT2D eigenvalue weighted by atomic mass is 10.3. The molecule has 2 aromatic heterocycles. The summed E-state index contributed by atoms with van der Waals surface area (Å²) in [6.45, 7) is 4.90. The van der Waals surface area contributed by atoms with Crippen molar-refractivity contribution < 1.29 is 0 Å². The van der Waals surface area contributed by atoms with Crippen molar-refractivity contribution in [1.82, 2.24) is 20.2 Å². The molecule has 18 heavy (non-hydrogen) atoms. The second-order valence-electron chi connectivity index (χ2n) is 3.54. The van der Waals surface area contributed by atoms with Crippen LogP contribution in [0.2, 0.25) is 0 Å². The highest BCUT2D eigenvalue weighted by atomic mass is 15.3. The Hall–Kier alpha value is -2.50. The Morgan fingerprint density at radius 1 is 1.22 bits per heavy atom. The van der Waals surface area contributed by atoms with Crippen molar-refractivity contribution in [1.29, 1.82) is 0 Å². The predicted molar refractivity (Wildman–Crippen MR) is 70.1 cm³/mol. The Bertz CT molecular complexity index is 499. The number of anilines is 2. The van der Waals surface area contributed by atoms with E-state index < -0.39 is 0 Å². The van der Waals surface area contributed by atoms with Crippen molar-refractivity contribution in [2.45, 2.75) is 6.54 Å². The molecule has 2 rings (SSSR count). The summed E-state index contributed by atoms with van der Waals surface area (Å²) in [4.78, 5) is 8.22. The van der Waals surface area contributed by atoms with Gasteiger partial charge in [-0.2, -0.15) is 10.1 Å². The third kappa shape index (κ3) is 3.51. The molecule has 92 valence electrons. The highest BCUT2D eigenvalue weighted by Crippen LogP contribution is 2.05. The molecule has 2 aromatic rings. The Morgan fingerprint density at radius 2 is 2.06 bits per heavy atom. The first-order valence-electron chi connectivity index (χ1n) is 5.56. The van der Waals surface area contributed by atoms with Crippen molar-refractivity contribution in [3.05, 3.63) is 48.9 Å². The fourth-order valence-electron chi connectivity index (χ4n) is 1.32. The molecule has 6 heteroatoms. The second-order valence-corrected chi connectivity index (χ2v) is 3.54. The second kappa shape index (κ2) is 6.29. The predicted octanol–water partition coefficient (Wildman–Crippen LogP) is 1.48. The minimum atomic E-state index is 0.487. The molecule has 0 saturated heterocycles. The van der Waals surface area contributed by atoms with Gasteiger partial charge in [-0.15, -0.1) is 11.7 Å². The summed E-state index contributed by atoms with van der Waals surface area (Å²) in [6.07, 6.45) is 6.82. The summed E-state index contributed by atoms with van der Waals surface area (Å²) in [5.41, 5.74) is 1.11. The van der Waals surface area contributed by atoms with E-state index >= 15 is 0 Å². The number of hydrogen-bond acceptors (Lipinski definition) is 6. The van der Waals surface area contributed by atoms with E-state index in [1.165, 1.54) is 0 Å². The fraction of sp³-hybridized carbons (Fsp3) is 0.167. The van der Waals surface area contributed by atoms with Crippen LogP contribution in [-0.4, -0.2) is 26.7 Å². The quantitative estimate of drug-likeness (QED) is 0.747. The molecular formula is C12H14N6. The van der Waals surface area contributed by atoms with Gasteiger partial charge in [-0.1, -0.05) is 6.08 Å². The molecule has 0 amide bonds. The van der Waals surface area contributed by atoms with Gasteiger partial charge in [0.1, 0.15) is 0 Å². The van der Waals surface area contributed by atoms with E-state index in [0.717, 1.165) is 5.56 Å². The molecule has 0 unspecified atom stereocenters. The molecule has 0 aliphatic rings. The van der Waals surface area contributed by atoms with Crippen molar-refractivity contribution in [2.24, 2.45) is 0 Å². The molecule has 0 saturated carbocycles. The zero-order valence-electron chi connectivity index (χ0n) is 9.87. The Kier molecular flexibility index (Phi) is 4.18. The zero-order valence-corrected chi connectivity index (χ0v) is 9.87. The first-order chi connectivity index (χ1) is 8.88. The molecule has 0 atom stereocenters. The molecule has 0 fully saturated rings. The first kappa shape index (κ1) is 12.0. The fourth-order valence-corrected chi connectivity index (χ4v) is 1.32. The topological polar surface area (TPSA) is 75.6 Å². The molecule has 0 aromatic carbocycles. The smallest absolute Gasteiger partial charge is 0.244 e. The molecule has 0 aliphatic heterocycles. The number of pyridine rings is 1. The molecule has 0 radical (unpaired) electrons. The van der Waals surface area contributed by atoms with Gasteiger partial charge in [0.25, 0.3) is 0 Å². The van der Waals surface area contributed by atoms with Gasteiger partial charge in [0, 0.05) is 25.5 Å². The number of rotatable bonds is 6. The summed E-state index contributed by atoms with van der Waals surface area (Å²) in [6, 6.07) is 3.86. The Balaban J connectivity index is 1.95. The van der Waals surface area contributed by atoms with Crippen LogP contribution in [0.1, 0.15) is 5.56 Å². The largest absolute Gasteiger partial charge is 0.365 e. The average Bonchev–Trinajstić information content (AvgIpc) is 2.44. The summed E-state index contributed by atoms with van der Waals surface area (Å²) in [5.74, 6) is 1.16. The van der Waals surface area contributed by atoms with Crippen LogP contribution < -0.4 is 10.6 Å². The third-order valence-corrected chi connectivity index (χ3v) is 2.19. The summed E-state index contributed by atoms with van der Waals surface area (Å²) < 4.78 is 0. The van der Waals surface area contributed by atoms with Crippen molar-refractivity contribution in [3.8, 4) is 0 Å². The maximum Gasteiger partial charge on any atom is 0.244 e. The van der Waals surface area contributed by atoms with Gasteiger partial charge in [0.05, 0.1) is 6.20 Å². The van der Waals surface area contributed by atoms with Gasteiger partial charge in [-0.25, -0.2) is 0 Å². The Labute approximate surface area is 105 Å². The molecular weight excluding hydrogens is 228 g/mol. The number of nitrogens with one attached hydrogen (secondary N) is 2. The lowest BCUT2D eigenvalue weighted by molar-refractivity contribution is 0.943. The highest BCUT2D eigenvalue weighted by molar-refractivity contribution is 5.37. The highest BCUT2D eigenvalue weighted by Gasteiger charge is 1.99. The van der Waals surface area contributed by atoms with E-state index in [9.17, 15) is 0 Å². The zero-order chi connectivity index (χ0) is 12.6. The molecule has 0 spiro atoms. The standard InChI is InChI=1S/C12H14N6/c1-2-5-14-11-9-16-18-12(17-11)15-8-10-3-6-13-7-4-10/h2-4,6-7,9H,1,5,8H2,(H2,14,15,17,18). The maximum atomic E-state index is 4.27. The van der Waals surface area contributed by atoms with Gasteiger partial charge >= 0.3 is 0 Å². The van der Waals surface area contributed by atoms with Crippen LogP contribution in [0.4, 0.5) is 11.8 Å². The number of hydrogen-bond donors (Lipinski definition) is 2. The summed E-state index contributed by atoms with van der Waals surface area (Å²) >= 11 is 0. The van der Waals surface area contributed by atoms with E-state index in [0.29, 0.717) is 24.9 Å². The molecule has 2 heterocycles. The van der Waals surface area contributed by atoms with Crippen LogP contribution in [0.15, 0.2) is 43.4 Å². The minimum absolute atomic E-state index is 0.487. The van der Waals surface area contributed by atoms with Crippen molar-refractivity contribution in [2.75, 3.05) is 17.2 Å². The van der Waals surface area contributed by atoms with Crippen LogP contribution in [0.3, 0.4) is 0 Å². The van der Waals surface area contributed by atoms with E-state index in [4.69, 9.17) is 0 Å². The average molecular weight is 242 g/mol. The van der Waals surface area contributed by atoms with Crippen LogP contribution in [0.5, 0.6) is 0 Å². The van der Waals surface area contributed by atoms with Crippen LogP contribution in [-0.2, 0) is 6.54 Å². The van der Waals surface area contributed by atoms with Gasteiger partial charge in [0.15, 0.2) is 5.82 Å². The van der Waals surface area contributed by atoms with Gasteiger partial charge in [-0.3, -0.25) is 4.98 Å². The molecule has 0 aliphatic carbocycles. The van der Waals surface area contributed by atoms with E-state index in [1.807, 2.05) is 12.1 Å². The first-order valence-corrected chi connectivity index (χ1v) is 5.56. The summed E-state index contributed by atoms with van der Waals surface area (Å²) in [5, 5.41) is 13.9. The van der Waals surface area contributed by atoms with Crippen molar-refractivity contribution in [3.63, 3.8) is 0 Å². The van der Waals surface area contributed by atoms with E-state index in [2.05, 4.69) is 37.4 Å². The molecule has 6 nitrogen and oxygen atoms in total. The summed E-state index contributed by atoms with van der Waals surface area (Å²) in [7, 11) is 0.